The zero-order valence-corrected chi connectivity index (χ0v) is 15.9. The number of nitrogens with zero attached hydrogens (tertiary/aromatic N) is 3. The molecule has 4 rings (SSSR count). The lowest BCUT2D eigenvalue weighted by Crippen LogP contribution is -2.45. The molecule has 3 aromatic rings. The Morgan fingerprint density at radius 2 is 1.73 bits per heavy atom. The first-order valence-electron chi connectivity index (χ1n) is 9.37. The van der Waals surface area contributed by atoms with Gasteiger partial charge in [-0.15, -0.1) is 0 Å². The van der Waals surface area contributed by atoms with Crippen molar-refractivity contribution in [2.75, 3.05) is 29.4 Å². The molecule has 1 aliphatic heterocycles. The minimum atomic E-state index is 0.567. The number of para-hydroxylation sites is 1. The van der Waals surface area contributed by atoms with Gasteiger partial charge in [0.25, 0.3) is 0 Å². The van der Waals surface area contributed by atoms with Gasteiger partial charge in [-0.3, -0.25) is 0 Å². The third-order valence-electron chi connectivity index (χ3n) is 5.31. The SMILES string of the molecule is CCN(c1ccc(Cl)cc1)C1CCN(c2ccc3ccccc3n2)CC1. The van der Waals surface area contributed by atoms with Gasteiger partial charge in [0.15, 0.2) is 0 Å². The summed E-state index contributed by atoms with van der Waals surface area (Å²) in [6, 6.07) is 21.4. The van der Waals surface area contributed by atoms with E-state index in [2.05, 4.69) is 65.3 Å². The summed E-state index contributed by atoms with van der Waals surface area (Å²) in [4.78, 5) is 9.77. The maximum absolute atomic E-state index is 6.04. The molecular formula is C22H24ClN3. The Kier molecular flexibility index (Phi) is 4.98. The van der Waals surface area contributed by atoms with Crippen molar-refractivity contribution in [1.29, 1.82) is 0 Å². The Morgan fingerprint density at radius 1 is 1.00 bits per heavy atom. The average Bonchev–Trinajstić information content (AvgIpc) is 2.70. The van der Waals surface area contributed by atoms with E-state index >= 15 is 0 Å². The molecule has 2 heterocycles. The quantitative estimate of drug-likeness (QED) is 0.618. The van der Waals surface area contributed by atoms with E-state index in [1.165, 1.54) is 11.1 Å². The maximum Gasteiger partial charge on any atom is 0.129 e. The number of hydrogen-bond donors (Lipinski definition) is 0. The fourth-order valence-electron chi connectivity index (χ4n) is 3.92. The smallest absolute Gasteiger partial charge is 0.129 e. The Bertz CT molecular complexity index is 870. The molecule has 1 fully saturated rings. The van der Waals surface area contributed by atoms with Crippen molar-refractivity contribution in [3.63, 3.8) is 0 Å². The molecule has 0 amide bonds. The first kappa shape index (κ1) is 17.2. The van der Waals surface area contributed by atoms with Crippen LogP contribution < -0.4 is 9.80 Å². The van der Waals surface area contributed by atoms with Crippen LogP contribution >= 0.6 is 11.6 Å². The van der Waals surface area contributed by atoms with Crippen LogP contribution in [0.4, 0.5) is 11.5 Å². The van der Waals surface area contributed by atoms with Crippen molar-refractivity contribution in [2.45, 2.75) is 25.8 Å². The molecular weight excluding hydrogens is 342 g/mol. The average molecular weight is 366 g/mol. The number of pyridine rings is 1. The fourth-order valence-corrected chi connectivity index (χ4v) is 4.05. The molecule has 0 N–H and O–H groups in total. The molecule has 0 radical (unpaired) electrons. The van der Waals surface area contributed by atoms with Gasteiger partial charge in [0, 0.05) is 41.8 Å². The van der Waals surface area contributed by atoms with E-state index in [1.54, 1.807) is 0 Å². The van der Waals surface area contributed by atoms with E-state index in [1.807, 2.05) is 12.1 Å². The van der Waals surface area contributed by atoms with E-state index in [-0.39, 0.29) is 0 Å². The van der Waals surface area contributed by atoms with E-state index in [9.17, 15) is 0 Å². The van der Waals surface area contributed by atoms with Crippen molar-refractivity contribution in [3.05, 3.63) is 65.7 Å². The molecule has 0 unspecified atom stereocenters. The molecule has 0 bridgehead atoms. The van der Waals surface area contributed by atoms with Crippen molar-refractivity contribution < 1.29 is 0 Å². The molecule has 2 aromatic carbocycles. The number of benzene rings is 2. The molecule has 0 saturated carbocycles. The van der Waals surface area contributed by atoms with Crippen LogP contribution in [-0.2, 0) is 0 Å². The van der Waals surface area contributed by atoms with E-state index < -0.39 is 0 Å². The number of fused-ring (bicyclic) bond motifs is 1. The zero-order valence-electron chi connectivity index (χ0n) is 15.1. The molecule has 26 heavy (non-hydrogen) atoms. The summed E-state index contributed by atoms with van der Waals surface area (Å²) in [6.45, 7) is 5.33. The maximum atomic E-state index is 6.04. The van der Waals surface area contributed by atoms with Gasteiger partial charge < -0.3 is 9.80 Å². The van der Waals surface area contributed by atoms with Crippen LogP contribution in [0, 0.1) is 0 Å². The van der Waals surface area contributed by atoms with Gasteiger partial charge in [-0.1, -0.05) is 29.8 Å². The van der Waals surface area contributed by atoms with Crippen LogP contribution in [0.1, 0.15) is 19.8 Å². The topological polar surface area (TPSA) is 19.4 Å². The number of halogens is 1. The Balaban J connectivity index is 1.46. The van der Waals surface area contributed by atoms with Crippen molar-refractivity contribution in [2.24, 2.45) is 0 Å². The van der Waals surface area contributed by atoms with Crippen LogP contribution in [0.2, 0.25) is 5.02 Å². The van der Waals surface area contributed by atoms with Gasteiger partial charge in [-0.25, -0.2) is 4.98 Å². The lowest BCUT2D eigenvalue weighted by Gasteiger charge is -2.40. The minimum absolute atomic E-state index is 0.567. The van der Waals surface area contributed by atoms with Gasteiger partial charge in [-0.2, -0.15) is 0 Å². The predicted molar refractivity (Wildman–Crippen MR) is 111 cm³/mol. The Hall–Kier alpha value is -2.26. The Labute approximate surface area is 160 Å². The fraction of sp³-hybridized carbons (Fsp3) is 0.318. The van der Waals surface area contributed by atoms with Crippen molar-refractivity contribution in [3.8, 4) is 0 Å². The normalized spacial score (nSPS) is 15.4. The highest BCUT2D eigenvalue weighted by molar-refractivity contribution is 6.30. The van der Waals surface area contributed by atoms with Crippen LogP contribution in [-0.4, -0.2) is 30.7 Å². The summed E-state index contributed by atoms with van der Waals surface area (Å²) in [7, 11) is 0. The highest BCUT2D eigenvalue weighted by Crippen LogP contribution is 2.27. The third kappa shape index (κ3) is 3.49. The first-order valence-corrected chi connectivity index (χ1v) is 9.75. The second-order valence-electron chi connectivity index (χ2n) is 6.84. The summed E-state index contributed by atoms with van der Waals surface area (Å²) in [5, 5.41) is 1.99. The second kappa shape index (κ2) is 7.55. The largest absolute Gasteiger partial charge is 0.369 e. The molecule has 4 heteroatoms. The summed E-state index contributed by atoms with van der Waals surface area (Å²) in [6.07, 6.45) is 2.29. The van der Waals surface area contributed by atoms with Crippen LogP contribution in [0.25, 0.3) is 10.9 Å². The summed E-state index contributed by atoms with van der Waals surface area (Å²) < 4.78 is 0. The highest BCUT2D eigenvalue weighted by Gasteiger charge is 2.24. The van der Waals surface area contributed by atoms with Gasteiger partial charge in [0.1, 0.15) is 5.82 Å². The second-order valence-corrected chi connectivity index (χ2v) is 7.28. The molecule has 1 aromatic heterocycles. The van der Waals surface area contributed by atoms with Crippen molar-refractivity contribution >= 4 is 34.0 Å². The predicted octanol–water partition coefficient (Wildman–Crippen LogP) is 5.38. The summed E-state index contributed by atoms with van der Waals surface area (Å²) in [5.41, 5.74) is 2.34. The molecule has 0 atom stereocenters. The third-order valence-corrected chi connectivity index (χ3v) is 5.56. The van der Waals surface area contributed by atoms with Gasteiger partial charge in [0.2, 0.25) is 0 Å². The molecule has 3 nitrogen and oxygen atoms in total. The van der Waals surface area contributed by atoms with Crippen LogP contribution in [0.5, 0.6) is 0 Å². The summed E-state index contributed by atoms with van der Waals surface area (Å²) >= 11 is 6.04. The zero-order chi connectivity index (χ0) is 17.9. The molecule has 1 saturated heterocycles. The number of piperidine rings is 1. The number of anilines is 2. The van der Waals surface area contributed by atoms with Gasteiger partial charge in [0.05, 0.1) is 5.52 Å². The minimum Gasteiger partial charge on any atom is -0.369 e. The lowest BCUT2D eigenvalue weighted by atomic mass is 10.0. The standard InChI is InChI=1S/C22H24ClN3/c1-2-26(19-10-8-18(23)9-11-19)20-13-15-25(16-14-20)22-12-7-17-5-3-4-6-21(17)24-22/h3-12,20H,2,13-16H2,1H3. The molecule has 0 aliphatic carbocycles. The summed E-state index contributed by atoms with van der Waals surface area (Å²) in [5.74, 6) is 1.09. The van der Waals surface area contributed by atoms with E-state index in [0.717, 1.165) is 48.8 Å². The van der Waals surface area contributed by atoms with E-state index in [4.69, 9.17) is 16.6 Å². The number of hydrogen-bond acceptors (Lipinski definition) is 3. The number of rotatable bonds is 4. The molecule has 0 spiro atoms. The number of aromatic nitrogens is 1. The van der Waals surface area contributed by atoms with Gasteiger partial charge in [-0.05, 0) is 62.2 Å². The van der Waals surface area contributed by atoms with E-state index in [0.29, 0.717) is 6.04 Å². The van der Waals surface area contributed by atoms with Crippen LogP contribution in [0.3, 0.4) is 0 Å². The monoisotopic (exact) mass is 365 g/mol. The van der Waals surface area contributed by atoms with Gasteiger partial charge >= 0.3 is 0 Å². The Morgan fingerprint density at radius 3 is 2.46 bits per heavy atom. The van der Waals surface area contributed by atoms with Crippen molar-refractivity contribution in [1.82, 2.24) is 4.98 Å². The molecule has 1 aliphatic rings. The molecule has 134 valence electrons. The first-order chi connectivity index (χ1) is 12.7. The van der Waals surface area contributed by atoms with Crippen LogP contribution in [0.15, 0.2) is 60.7 Å². The highest BCUT2D eigenvalue weighted by atomic mass is 35.5. The lowest BCUT2D eigenvalue weighted by molar-refractivity contribution is 0.468.